The predicted molar refractivity (Wildman–Crippen MR) is 76.1 cm³/mol. The molecule has 4 nitrogen and oxygen atoms in total. The third kappa shape index (κ3) is 2.62. The van der Waals surface area contributed by atoms with Crippen LogP contribution in [0.5, 0.6) is 0 Å². The van der Waals surface area contributed by atoms with Crippen LogP contribution in [0, 0.1) is 6.92 Å². The van der Waals surface area contributed by atoms with E-state index in [-0.39, 0.29) is 5.91 Å². The van der Waals surface area contributed by atoms with Crippen molar-refractivity contribution < 1.29 is 4.79 Å². The van der Waals surface area contributed by atoms with E-state index >= 15 is 0 Å². The molecule has 1 N–H and O–H groups in total. The molecule has 19 heavy (non-hydrogen) atoms. The van der Waals surface area contributed by atoms with Crippen molar-refractivity contribution in [3.05, 3.63) is 39.1 Å². The van der Waals surface area contributed by atoms with Gasteiger partial charge in [0.15, 0.2) is 5.13 Å². The van der Waals surface area contributed by atoms with E-state index < -0.39 is 0 Å². The maximum absolute atomic E-state index is 12.1. The van der Waals surface area contributed by atoms with Crippen molar-refractivity contribution in [2.45, 2.75) is 26.2 Å². The molecule has 0 unspecified atom stereocenters. The summed E-state index contributed by atoms with van der Waals surface area (Å²) in [6.07, 6.45) is 3.26. The number of pyridine rings is 1. The number of nitrogens with zero attached hydrogens (tertiary/aromatic N) is 2. The number of rotatable bonds is 2. The van der Waals surface area contributed by atoms with E-state index in [1.807, 2.05) is 0 Å². The first-order chi connectivity index (χ1) is 9.11. The average molecular weight is 294 g/mol. The molecular formula is C13H12ClN3OS. The monoisotopic (exact) mass is 293 g/mol. The van der Waals surface area contributed by atoms with Crippen LogP contribution in [-0.2, 0) is 12.8 Å². The summed E-state index contributed by atoms with van der Waals surface area (Å²) in [5.74, 6) is -0.195. The Hall–Kier alpha value is -1.46. The highest BCUT2D eigenvalue weighted by Gasteiger charge is 2.18. The van der Waals surface area contributed by atoms with Crippen molar-refractivity contribution in [1.82, 2.24) is 9.97 Å². The summed E-state index contributed by atoms with van der Waals surface area (Å²) in [7, 11) is 0. The Labute approximate surface area is 119 Å². The summed E-state index contributed by atoms with van der Waals surface area (Å²) in [6.45, 7) is 1.81. The minimum Gasteiger partial charge on any atom is -0.298 e. The smallest absolute Gasteiger partial charge is 0.257 e. The van der Waals surface area contributed by atoms with Gasteiger partial charge in [0.05, 0.1) is 5.69 Å². The normalized spacial score (nSPS) is 13.4. The van der Waals surface area contributed by atoms with E-state index in [4.69, 9.17) is 11.6 Å². The third-order valence-corrected chi connectivity index (χ3v) is 4.27. The van der Waals surface area contributed by atoms with E-state index in [1.54, 1.807) is 30.4 Å². The van der Waals surface area contributed by atoms with Crippen molar-refractivity contribution in [2.75, 3.05) is 5.32 Å². The largest absolute Gasteiger partial charge is 0.298 e. The summed E-state index contributed by atoms with van der Waals surface area (Å²) in [5.41, 5.74) is 2.36. The molecule has 2 aromatic rings. The molecule has 0 saturated carbocycles. The van der Waals surface area contributed by atoms with Crippen LogP contribution in [0.4, 0.5) is 5.13 Å². The molecule has 1 aliphatic rings. The van der Waals surface area contributed by atoms with Crippen LogP contribution in [0.1, 0.15) is 33.0 Å². The van der Waals surface area contributed by atoms with Gasteiger partial charge in [0, 0.05) is 16.1 Å². The number of nitrogens with one attached hydrogen (secondary N) is 1. The van der Waals surface area contributed by atoms with Crippen LogP contribution >= 0.6 is 22.9 Å². The fraction of sp³-hybridized carbons (Fsp3) is 0.308. The molecule has 0 bridgehead atoms. The highest BCUT2D eigenvalue weighted by molar-refractivity contribution is 7.16. The van der Waals surface area contributed by atoms with Gasteiger partial charge in [-0.15, -0.1) is 11.3 Å². The van der Waals surface area contributed by atoms with Gasteiger partial charge in [-0.2, -0.15) is 0 Å². The lowest BCUT2D eigenvalue weighted by atomic mass is 10.2. The molecule has 0 fully saturated rings. The first-order valence-corrected chi connectivity index (χ1v) is 7.25. The minimum absolute atomic E-state index is 0.195. The van der Waals surface area contributed by atoms with E-state index in [0.29, 0.717) is 15.8 Å². The van der Waals surface area contributed by atoms with Gasteiger partial charge in [-0.05, 0) is 38.3 Å². The number of aromatic nitrogens is 2. The van der Waals surface area contributed by atoms with Gasteiger partial charge in [0.2, 0.25) is 0 Å². The molecule has 0 aliphatic heterocycles. The van der Waals surface area contributed by atoms with Crippen LogP contribution < -0.4 is 5.32 Å². The number of halogens is 1. The zero-order valence-corrected chi connectivity index (χ0v) is 11.9. The molecule has 1 amide bonds. The number of fused-ring (bicyclic) bond motifs is 1. The summed E-state index contributed by atoms with van der Waals surface area (Å²) >= 11 is 7.42. The number of carbonyl (C=O) groups is 1. The Morgan fingerprint density at radius 2 is 2.21 bits per heavy atom. The number of anilines is 1. The number of thiazole rings is 1. The van der Waals surface area contributed by atoms with E-state index in [2.05, 4.69) is 15.3 Å². The van der Waals surface area contributed by atoms with Crippen LogP contribution in [0.15, 0.2) is 12.1 Å². The maximum Gasteiger partial charge on any atom is 0.257 e. The second-order valence-electron chi connectivity index (χ2n) is 4.52. The van der Waals surface area contributed by atoms with Gasteiger partial charge in [-0.25, -0.2) is 9.97 Å². The van der Waals surface area contributed by atoms with E-state index in [9.17, 15) is 4.79 Å². The van der Waals surface area contributed by atoms with Gasteiger partial charge < -0.3 is 0 Å². The highest BCUT2D eigenvalue weighted by atomic mass is 35.5. The summed E-state index contributed by atoms with van der Waals surface area (Å²) in [6, 6.07) is 3.27. The van der Waals surface area contributed by atoms with E-state index in [0.717, 1.165) is 24.2 Å². The quantitative estimate of drug-likeness (QED) is 0.865. The van der Waals surface area contributed by atoms with Crippen molar-refractivity contribution in [2.24, 2.45) is 0 Å². The average Bonchev–Trinajstić information content (AvgIpc) is 2.88. The van der Waals surface area contributed by atoms with Gasteiger partial charge in [0.25, 0.3) is 5.91 Å². The van der Waals surface area contributed by atoms with Crippen LogP contribution in [-0.4, -0.2) is 15.9 Å². The Bertz CT molecular complexity index is 612. The number of hydrogen-bond acceptors (Lipinski definition) is 4. The van der Waals surface area contributed by atoms with Crippen molar-refractivity contribution >= 4 is 34.0 Å². The second kappa shape index (κ2) is 4.90. The first kappa shape index (κ1) is 12.6. The lowest BCUT2D eigenvalue weighted by molar-refractivity contribution is 0.102. The molecule has 0 atom stereocenters. The molecule has 0 aromatic carbocycles. The standard InChI is InChI=1S/C13H12ClN3OS/c1-7-5-8(6-11(14)15-7)12(18)17-13-16-9-3-2-4-10(9)19-13/h5-6H,2-4H2,1H3,(H,16,17,18). The molecule has 3 rings (SSSR count). The minimum atomic E-state index is -0.195. The first-order valence-electron chi connectivity index (χ1n) is 6.06. The molecule has 0 saturated heterocycles. The zero-order chi connectivity index (χ0) is 13.4. The Kier molecular flexibility index (Phi) is 3.24. The fourth-order valence-electron chi connectivity index (χ4n) is 2.17. The lowest BCUT2D eigenvalue weighted by Crippen LogP contribution is -2.12. The second-order valence-corrected chi connectivity index (χ2v) is 5.99. The van der Waals surface area contributed by atoms with Gasteiger partial charge in [0.1, 0.15) is 5.15 Å². The van der Waals surface area contributed by atoms with Gasteiger partial charge in [-0.3, -0.25) is 10.1 Å². The Morgan fingerprint density at radius 3 is 2.95 bits per heavy atom. The number of aryl methyl sites for hydroxylation is 3. The lowest BCUT2D eigenvalue weighted by Gasteiger charge is -2.03. The maximum atomic E-state index is 12.1. The molecule has 0 spiro atoms. The van der Waals surface area contributed by atoms with Crippen molar-refractivity contribution in [1.29, 1.82) is 0 Å². The Morgan fingerprint density at radius 1 is 1.37 bits per heavy atom. The third-order valence-electron chi connectivity index (χ3n) is 3.00. The Balaban J connectivity index is 1.80. The summed E-state index contributed by atoms with van der Waals surface area (Å²) in [5, 5.41) is 3.82. The van der Waals surface area contributed by atoms with Crippen LogP contribution in [0.25, 0.3) is 0 Å². The zero-order valence-electron chi connectivity index (χ0n) is 10.4. The van der Waals surface area contributed by atoms with Crippen LogP contribution in [0.3, 0.4) is 0 Å². The molecule has 2 heterocycles. The van der Waals surface area contributed by atoms with Gasteiger partial charge in [-0.1, -0.05) is 11.6 Å². The summed E-state index contributed by atoms with van der Waals surface area (Å²) in [4.78, 5) is 21.9. The van der Waals surface area contributed by atoms with Crippen molar-refractivity contribution in [3.63, 3.8) is 0 Å². The van der Waals surface area contributed by atoms with Crippen LogP contribution in [0.2, 0.25) is 5.15 Å². The number of carbonyl (C=O) groups excluding carboxylic acids is 1. The molecule has 2 aromatic heterocycles. The highest BCUT2D eigenvalue weighted by Crippen LogP contribution is 2.30. The molecule has 6 heteroatoms. The SMILES string of the molecule is Cc1cc(C(=O)Nc2nc3c(s2)CCC3)cc(Cl)n1. The summed E-state index contributed by atoms with van der Waals surface area (Å²) < 4.78 is 0. The fourth-order valence-corrected chi connectivity index (χ4v) is 3.47. The predicted octanol–water partition coefficient (Wildman–Crippen LogP) is 3.24. The molecule has 98 valence electrons. The topological polar surface area (TPSA) is 54.9 Å². The molecular weight excluding hydrogens is 282 g/mol. The number of amides is 1. The number of hydrogen-bond donors (Lipinski definition) is 1. The van der Waals surface area contributed by atoms with E-state index in [1.165, 1.54) is 11.3 Å². The van der Waals surface area contributed by atoms with Gasteiger partial charge >= 0.3 is 0 Å². The molecule has 0 radical (unpaired) electrons. The molecule has 1 aliphatic carbocycles. The van der Waals surface area contributed by atoms with Crippen molar-refractivity contribution in [3.8, 4) is 0 Å².